The maximum atomic E-state index is 13.1. The highest BCUT2D eigenvalue weighted by Gasteiger charge is 2.37. The molecule has 3 rings (SSSR count). The molecule has 128 valence electrons. The molecule has 1 fully saturated rings. The molecule has 8 heteroatoms. The van der Waals surface area contributed by atoms with E-state index in [1.807, 2.05) is 0 Å². The van der Waals surface area contributed by atoms with Gasteiger partial charge in [-0.2, -0.15) is 13.2 Å². The Hall–Kier alpha value is -2.25. The number of carbonyl (C=O) groups excluding carboxylic acids is 2. The lowest BCUT2D eigenvalue weighted by Crippen LogP contribution is -2.27. The normalized spacial score (nSPS) is 16.8. The number of rotatable bonds is 2. The Bertz CT molecular complexity index is 878. The van der Waals surface area contributed by atoms with Crippen molar-refractivity contribution in [2.75, 3.05) is 4.90 Å². The van der Waals surface area contributed by atoms with Gasteiger partial charge in [-0.15, -0.1) is 0 Å². The average Bonchev–Trinajstić information content (AvgIpc) is 2.82. The van der Waals surface area contributed by atoms with E-state index in [1.54, 1.807) is 0 Å². The zero-order chi connectivity index (χ0) is 18.2. The van der Waals surface area contributed by atoms with Crippen LogP contribution in [-0.4, -0.2) is 11.1 Å². The lowest BCUT2D eigenvalue weighted by Gasteiger charge is -2.12. The highest BCUT2D eigenvalue weighted by Crippen LogP contribution is 2.38. The second-order valence-corrected chi connectivity index (χ2v) is 6.51. The molecule has 0 aromatic heterocycles. The minimum absolute atomic E-state index is 0.0725. The van der Waals surface area contributed by atoms with E-state index in [4.69, 9.17) is 11.6 Å². The predicted octanol–water partition coefficient (Wildman–Crippen LogP) is 5.60. The molecule has 2 aromatic rings. The molecule has 1 heterocycles. The Kier molecular flexibility index (Phi) is 4.62. The maximum Gasteiger partial charge on any atom is 0.416 e. The van der Waals surface area contributed by atoms with Gasteiger partial charge in [0.2, 0.25) is 0 Å². The number of halogens is 4. The topological polar surface area (TPSA) is 37.4 Å². The summed E-state index contributed by atoms with van der Waals surface area (Å²) in [5.41, 5.74) is -0.732. The van der Waals surface area contributed by atoms with Gasteiger partial charge in [0, 0.05) is 5.02 Å². The summed E-state index contributed by atoms with van der Waals surface area (Å²) in [5, 5.41) is -0.145. The first-order valence-corrected chi connectivity index (χ1v) is 8.16. The number of imide groups is 1. The molecule has 1 aliphatic heterocycles. The maximum absolute atomic E-state index is 13.1. The molecule has 0 saturated carbocycles. The number of hydrogen-bond donors (Lipinski definition) is 0. The molecule has 0 spiro atoms. The number of alkyl halides is 3. The second-order valence-electron chi connectivity index (χ2n) is 5.08. The van der Waals surface area contributed by atoms with E-state index in [0.717, 1.165) is 17.0 Å². The lowest BCUT2D eigenvalue weighted by atomic mass is 10.1. The molecule has 25 heavy (non-hydrogen) atoms. The third-order valence-electron chi connectivity index (χ3n) is 3.43. The summed E-state index contributed by atoms with van der Waals surface area (Å²) in [7, 11) is 0. The minimum Gasteiger partial charge on any atom is -0.268 e. The van der Waals surface area contributed by atoms with Crippen LogP contribution in [0, 0.1) is 0 Å². The van der Waals surface area contributed by atoms with Crippen LogP contribution < -0.4 is 4.90 Å². The zero-order valence-electron chi connectivity index (χ0n) is 12.4. The van der Waals surface area contributed by atoms with Gasteiger partial charge in [0.1, 0.15) is 0 Å². The minimum atomic E-state index is -4.56. The molecular weight excluding hydrogens is 375 g/mol. The van der Waals surface area contributed by atoms with Gasteiger partial charge in [-0.05, 0) is 53.7 Å². The van der Waals surface area contributed by atoms with Crippen molar-refractivity contribution < 1.29 is 22.8 Å². The summed E-state index contributed by atoms with van der Waals surface area (Å²) >= 11 is 6.37. The SMILES string of the molecule is O=C1SC(=Cc2ccccc2C(F)(F)F)C(=O)N1c1ccc(Cl)cc1. The summed E-state index contributed by atoms with van der Waals surface area (Å²) in [6.07, 6.45) is -3.47. The molecule has 2 amide bonds. The van der Waals surface area contributed by atoms with E-state index >= 15 is 0 Å². The average molecular weight is 384 g/mol. The van der Waals surface area contributed by atoms with E-state index < -0.39 is 22.9 Å². The van der Waals surface area contributed by atoms with Crippen LogP contribution in [0.15, 0.2) is 53.4 Å². The van der Waals surface area contributed by atoms with Crippen LogP contribution >= 0.6 is 23.4 Å². The van der Waals surface area contributed by atoms with Crippen molar-refractivity contribution in [2.24, 2.45) is 0 Å². The van der Waals surface area contributed by atoms with Crippen molar-refractivity contribution in [1.82, 2.24) is 0 Å². The van der Waals surface area contributed by atoms with Crippen LogP contribution in [0.1, 0.15) is 11.1 Å². The Morgan fingerprint density at radius 2 is 1.64 bits per heavy atom. The number of thioether (sulfide) groups is 1. The molecule has 3 nitrogen and oxygen atoms in total. The van der Waals surface area contributed by atoms with E-state index in [-0.39, 0.29) is 10.5 Å². The van der Waals surface area contributed by atoms with Crippen LogP contribution in [-0.2, 0) is 11.0 Å². The first-order valence-electron chi connectivity index (χ1n) is 6.97. The molecule has 0 radical (unpaired) electrons. The molecule has 1 saturated heterocycles. The molecule has 0 N–H and O–H groups in total. The Labute approximate surface area is 150 Å². The fraction of sp³-hybridized carbons (Fsp3) is 0.0588. The van der Waals surface area contributed by atoms with Gasteiger partial charge in [-0.25, -0.2) is 4.90 Å². The molecule has 0 atom stereocenters. The third-order valence-corrected chi connectivity index (χ3v) is 4.55. The summed E-state index contributed by atoms with van der Waals surface area (Å²) in [4.78, 5) is 25.4. The van der Waals surface area contributed by atoms with E-state index in [2.05, 4.69) is 0 Å². The highest BCUT2D eigenvalue weighted by atomic mass is 35.5. The van der Waals surface area contributed by atoms with Crippen molar-refractivity contribution >= 4 is 46.3 Å². The molecule has 1 aliphatic rings. The molecule has 0 aliphatic carbocycles. The largest absolute Gasteiger partial charge is 0.416 e. The fourth-order valence-corrected chi connectivity index (χ4v) is 3.26. The molecule has 2 aromatic carbocycles. The number of amides is 2. The Balaban J connectivity index is 1.98. The fourth-order valence-electron chi connectivity index (χ4n) is 2.30. The van der Waals surface area contributed by atoms with Crippen molar-refractivity contribution in [3.8, 4) is 0 Å². The van der Waals surface area contributed by atoms with Gasteiger partial charge in [0.25, 0.3) is 11.1 Å². The Morgan fingerprint density at radius 1 is 1.00 bits per heavy atom. The van der Waals surface area contributed by atoms with Crippen LogP contribution in [0.2, 0.25) is 5.02 Å². The summed E-state index contributed by atoms with van der Waals surface area (Å²) in [6, 6.07) is 10.9. The second kappa shape index (κ2) is 6.57. The zero-order valence-corrected chi connectivity index (χ0v) is 14.0. The predicted molar refractivity (Wildman–Crippen MR) is 91.3 cm³/mol. The monoisotopic (exact) mass is 383 g/mol. The highest BCUT2D eigenvalue weighted by molar-refractivity contribution is 8.19. The van der Waals surface area contributed by atoms with E-state index in [9.17, 15) is 22.8 Å². The molecular formula is C17H9ClF3NO2S. The van der Waals surface area contributed by atoms with Crippen molar-refractivity contribution in [1.29, 1.82) is 0 Å². The van der Waals surface area contributed by atoms with Gasteiger partial charge < -0.3 is 0 Å². The summed E-state index contributed by atoms with van der Waals surface area (Å²) in [5.74, 6) is -0.672. The summed E-state index contributed by atoms with van der Waals surface area (Å²) < 4.78 is 39.2. The molecule has 0 bridgehead atoms. The number of benzene rings is 2. The first-order chi connectivity index (χ1) is 11.8. The van der Waals surface area contributed by atoms with Gasteiger partial charge >= 0.3 is 6.18 Å². The van der Waals surface area contributed by atoms with E-state index in [0.29, 0.717) is 22.5 Å². The van der Waals surface area contributed by atoms with Crippen LogP contribution in [0.4, 0.5) is 23.7 Å². The van der Waals surface area contributed by atoms with Crippen molar-refractivity contribution in [2.45, 2.75) is 6.18 Å². The Morgan fingerprint density at radius 3 is 2.28 bits per heavy atom. The number of hydrogen-bond acceptors (Lipinski definition) is 3. The van der Waals surface area contributed by atoms with E-state index in [1.165, 1.54) is 42.5 Å². The van der Waals surface area contributed by atoms with Crippen LogP contribution in [0.5, 0.6) is 0 Å². The smallest absolute Gasteiger partial charge is 0.268 e. The van der Waals surface area contributed by atoms with Gasteiger partial charge in [0.15, 0.2) is 0 Å². The van der Waals surface area contributed by atoms with Gasteiger partial charge in [-0.3, -0.25) is 9.59 Å². The first kappa shape index (κ1) is 17.6. The van der Waals surface area contributed by atoms with Gasteiger partial charge in [0.05, 0.1) is 16.2 Å². The molecule has 0 unspecified atom stereocenters. The van der Waals surface area contributed by atoms with Crippen molar-refractivity contribution in [3.05, 3.63) is 69.6 Å². The lowest BCUT2D eigenvalue weighted by molar-refractivity contribution is -0.137. The van der Waals surface area contributed by atoms with Crippen molar-refractivity contribution in [3.63, 3.8) is 0 Å². The third kappa shape index (κ3) is 3.57. The number of carbonyl (C=O) groups is 2. The van der Waals surface area contributed by atoms with Crippen LogP contribution in [0.3, 0.4) is 0 Å². The summed E-state index contributed by atoms with van der Waals surface area (Å²) in [6.45, 7) is 0. The quantitative estimate of drug-likeness (QED) is 0.633. The standard InChI is InChI=1S/C17H9ClF3NO2S/c18-11-5-7-12(8-6-11)22-15(23)14(25-16(22)24)9-10-3-1-2-4-13(10)17(19,20)21/h1-9H. The number of anilines is 1. The van der Waals surface area contributed by atoms with Gasteiger partial charge in [-0.1, -0.05) is 29.8 Å². The van der Waals surface area contributed by atoms with Crippen LogP contribution in [0.25, 0.3) is 6.08 Å². The number of nitrogens with zero attached hydrogens (tertiary/aromatic N) is 1.